The molecule has 1 amide bonds. The van der Waals surface area contributed by atoms with Gasteiger partial charge in [0.2, 0.25) is 0 Å². The predicted octanol–water partition coefficient (Wildman–Crippen LogP) is 3.15. The molecule has 0 bridgehead atoms. The molecule has 1 heterocycles. The third kappa shape index (κ3) is 3.92. The number of aliphatic hydroxyl groups excluding tert-OH is 1. The molecule has 0 fully saturated rings. The van der Waals surface area contributed by atoms with Crippen LogP contribution in [-0.4, -0.2) is 33.7 Å². The molecule has 1 aromatic heterocycles. The van der Waals surface area contributed by atoms with Crippen molar-refractivity contribution in [1.29, 1.82) is 0 Å². The van der Waals surface area contributed by atoms with Crippen LogP contribution in [0.5, 0.6) is 0 Å². The average Bonchev–Trinajstić information content (AvgIpc) is 3.00. The Morgan fingerprint density at radius 3 is 2.27 bits per heavy atom. The molecule has 2 aromatic carbocycles. The van der Waals surface area contributed by atoms with Crippen LogP contribution in [0, 0.1) is 13.8 Å². The van der Waals surface area contributed by atoms with Gasteiger partial charge in [-0.3, -0.25) is 4.79 Å². The zero-order valence-corrected chi connectivity index (χ0v) is 14.9. The van der Waals surface area contributed by atoms with Crippen LogP contribution in [-0.2, 0) is 0 Å². The fourth-order valence-corrected chi connectivity index (χ4v) is 2.61. The molecule has 3 N–H and O–H groups in total. The number of aromatic nitrogens is 2. The Hall–Kier alpha value is -3.12. The molecule has 0 radical (unpaired) electrons. The number of hydrogen-bond donors (Lipinski definition) is 3. The first-order chi connectivity index (χ1) is 12.6. The van der Waals surface area contributed by atoms with Crippen molar-refractivity contribution < 1.29 is 9.90 Å². The van der Waals surface area contributed by atoms with Gasteiger partial charge in [0.15, 0.2) is 0 Å². The number of hydrogen-bond acceptors (Lipinski definition) is 4. The van der Waals surface area contributed by atoms with E-state index in [1.165, 1.54) is 0 Å². The van der Waals surface area contributed by atoms with Gasteiger partial charge in [-0.05, 0) is 62.4 Å². The molecule has 0 aliphatic rings. The zero-order chi connectivity index (χ0) is 18.5. The van der Waals surface area contributed by atoms with E-state index in [0.717, 1.165) is 28.5 Å². The number of carbonyl (C=O) groups is 1. The standard InChI is InChI=1S/C20H22N4O2/c1-14-15(2)24(13-22-14)19-9-7-18(8-10-19)23-20(26)16-3-5-17(6-4-16)21-11-12-25/h3-10,13,21,25H,11-12H2,1-2H3,(H,23,26). The second-order valence-corrected chi connectivity index (χ2v) is 6.01. The van der Waals surface area contributed by atoms with E-state index in [-0.39, 0.29) is 12.5 Å². The van der Waals surface area contributed by atoms with Crippen LogP contribution in [0.25, 0.3) is 5.69 Å². The summed E-state index contributed by atoms with van der Waals surface area (Å²) in [7, 11) is 0. The van der Waals surface area contributed by atoms with Crippen LogP contribution < -0.4 is 10.6 Å². The van der Waals surface area contributed by atoms with Gasteiger partial charge in [-0.25, -0.2) is 4.98 Å². The molecular formula is C20H22N4O2. The SMILES string of the molecule is Cc1ncn(-c2ccc(NC(=O)c3ccc(NCCO)cc3)cc2)c1C. The van der Waals surface area contributed by atoms with Crippen LogP contribution in [0.2, 0.25) is 0 Å². The van der Waals surface area contributed by atoms with E-state index in [9.17, 15) is 4.79 Å². The van der Waals surface area contributed by atoms with Crippen molar-refractivity contribution in [2.75, 3.05) is 23.8 Å². The smallest absolute Gasteiger partial charge is 0.255 e. The van der Waals surface area contributed by atoms with Crippen molar-refractivity contribution in [2.45, 2.75) is 13.8 Å². The van der Waals surface area contributed by atoms with Gasteiger partial charge in [-0.1, -0.05) is 0 Å². The minimum Gasteiger partial charge on any atom is -0.395 e. The second-order valence-electron chi connectivity index (χ2n) is 6.01. The normalized spacial score (nSPS) is 10.6. The molecule has 134 valence electrons. The Bertz CT molecular complexity index is 883. The molecule has 6 nitrogen and oxygen atoms in total. The number of benzene rings is 2. The van der Waals surface area contributed by atoms with Crippen LogP contribution >= 0.6 is 0 Å². The summed E-state index contributed by atoms with van der Waals surface area (Å²) < 4.78 is 2.01. The van der Waals surface area contributed by atoms with Crippen LogP contribution in [0.3, 0.4) is 0 Å². The van der Waals surface area contributed by atoms with Gasteiger partial charge in [-0.2, -0.15) is 0 Å². The monoisotopic (exact) mass is 350 g/mol. The highest BCUT2D eigenvalue weighted by Crippen LogP contribution is 2.18. The lowest BCUT2D eigenvalue weighted by Gasteiger charge is -2.09. The Morgan fingerprint density at radius 2 is 1.69 bits per heavy atom. The van der Waals surface area contributed by atoms with Gasteiger partial charge < -0.3 is 20.3 Å². The summed E-state index contributed by atoms with van der Waals surface area (Å²) in [5, 5.41) is 14.8. The highest BCUT2D eigenvalue weighted by atomic mass is 16.3. The third-order valence-corrected chi connectivity index (χ3v) is 4.24. The third-order valence-electron chi connectivity index (χ3n) is 4.24. The van der Waals surface area contributed by atoms with E-state index in [4.69, 9.17) is 5.11 Å². The predicted molar refractivity (Wildman–Crippen MR) is 103 cm³/mol. The molecule has 0 aliphatic heterocycles. The van der Waals surface area contributed by atoms with Crippen molar-refractivity contribution >= 4 is 17.3 Å². The molecule has 0 atom stereocenters. The second kappa shape index (κ2) is 7.84. The van der Waals surface area contributed by atoms with Crippen LogP contribution in [0.15, 0.2) is 54.9 Å². The lowest BCUT2D eigenvalue weighted by molar-refractivity contribution is 0.102. The first kappa shape index (κ1) is 17.7. The Kier molecular flexibility index (Phi) is 5.34. The summed E-state index contributed by atoms with van der Waals surface area (Å²) in [5.41, 5.74) is 5.27. The molecule has 0 spiro atoms. The minimum atomic E-state index is -0.166. The number of carbonyl (C=O) groups excluding carboxylic acids is 1. The fourth-order valence-electron chi connectivity index (χ4n) is 2.61. The topological polar surface area (TPSA) is 79.2 Å². The largest absolute Gasteiger partial charge is 0.395 e. The number of aliphatic hydroxyl groups is 1. The lowest BCUT2D eigenvalue weighted by Crippen LogP contribution is -2.12. The van der Waals surface area contributed by atoms with Gasteiger partial charge in [0.05, 0.1) is 18.6 Å². The number of aryl methyl sites for hydroxylation is 1. The molecule has 0 unspecified atom stereocenters. The van der Waals surface area contributed by atoms with Gasteiger partial charge >= 0.3 is 0 Å². The van der Waals surface area contributed by atoms with Crippen molar-refractivity contribution in [2.24, 2.45) is 0 Å². The van der Waals surface area contributed by atoms with Crippen molar-refractivity contribution in [3.05, 3.63) is 71.8 Å². The highest BCUT2D eigenvalue weighted by Gasteiger charge is 2.08. The van der Waals surface area contributed by atoms with Crippen molar-refractivity contribution in [3.63, 3.8) is 0 Å². The summed E-state index contributed by atoms with van der Waals surface area (Å²) in [4.78, 5) is 16.7. The van der Waals surface area contributed by atoms with Crippen LogP contribution in [0.1, 0.15) is 21.7 Å². The maximum absolute atomic E-state index is 12.4. The summed E-state index contributed by atoms with van der Waals surface area (Å²) in [6.45, 7) is 4.55. The lowest BCUT2D eigenvalue weighted by atomic mass is 10.2. The maximum Gasteiger partial charge on any atom is 0.255 e. The van der Waals surface area contributed by atoms with Gasteiger partial charge in [0.1, 0.15) is 0 Å². The summed E-state index contributed by atoms with van der Waals surface area (Å²) >= 11 is 0. The number of nitrogens with zero attached hydrogens (tertiary/aromatic N) is 2. The Balaban J connectivity index is 1.67. The Morgan fingerprint density at radius 1 is 1.04 bits per heavy atom. The summed E-state index contributed by atoms with van der Waals surface area (Å²) in [6.07, 6.45) is 1.80. The summed E-state index contributed by atoms with van der Waals surface area (Å²) in [5.74, 6) is -0.166. The van der Waals surface area contributed by atoms with Crippen LogP contribution in [0.4, 0.5) is 11.4 Å². The molecule has 0 saturated carbocycles. The van der Waals surface area contributed by atoms with Crippen molar-refractivity contribution in [3.8, 4) is 5.69 Å². The van der Waals surface area contributed by atoms with Gasteiger partial charge in [-0.15, -0.1) is 0 Å². The van der Waals surface area contributed by atoms with E-state index in [1.807, 2.05) is 54.8 Å². The number of anilines is 2. The number of rotatable bonds is 6. The number of nitrogens with one attached hydrogen (secondary N) is 2. The van der Waals surface area contributed by atoms with E-state index in [1.54, 1.807) is 18.5 Å². The molecule has 3 aromatic rings. The molecule has 6 heteroatoms. The molecule has 26 heavy (non-hydrogen) atoms. The van der Waals surface area contributed by atoms with E-state index in [2.05, 4.69) is 15.6 Å². The summed E-state index contributed by atoms with van der Waals surface area (Å²) in [6, 6.07) is 14.8. The van der Waals surface area contributed by atoms with Crippen molar-refractivity contribution in [1.82, 2.24) is 9.55 Å². The van der Waals surface area contributed by atoms with Gasteiger partial charge in [0.25, 0.3) is 5.91 Å². The Labute approximate surface area is 152 Å². The minimum absolute atomic E-state index is 0.0659. The van der Waals surface area contributed by atoms with E-state index < -0.39 is 0 Å². The number of amides is 1. The molecule has 0 saturated heterocycles. The highest BCUT2D eigenvalue weighted by molar-refractivity contribution is 6.04. The van der Waals surface area contributed by atoms with E-state index >= 15 is 0 Å². The van der Waals surface area contributed by atoms with Gasteiger partial charge in [0, 0.05) is 34.9 Å². The maximum atomic E-state index is 12.4. The first-order valence-corrected chi connectivity index (χ1v) is 8.45. The fraction of sp³-hybridized carbons (Fsp3) is 0.200. The first-order valence-electron chi connectivity index (χ1n) is 8.45. The zero-order valence-electron chi connectivity index (χ0n) is 14.9. The molecule has 3 rings (SSSR count). The molecular weight excluding hydrogens is 328 g/mol. The quantitative estimate of drug-likeness (QED) is 0.638. The van der Waals surface area contributed by atoms with E-state index in [0.29, 0.717) is 12.1 Å². The molecule has 0 aliphatic carbocycles. The average molecular weight is 350 g/mol. The number of imidazole rings is 1.